The normalized spacial score (nSPS) is 22.6. The van der Waals surface area contributed by atoms with Crippen LogP contribution in [0.5, 0.6) is 0 Å². The van der Waals surface area contributed by atoms with Gasteiger partial charge in [0.2, 0.25) is 0 Å². The van der Waals surface area contributed by atoms with Crippen LogP contribution in [0.2, 0.25) is 0 Å². The van der Waals surface area contributed by atoms with E-state index in [9.17, 15) is 5.11 Å². The van der Waals surface area contributed by atoms with Gasteiger partial charge in [0.05, 0.1) is 0 Å². The van der Waals surface area contributed by atoms with E-state index in [-0.39, 0.29) is 6.23 Å². The summed E-state index contributed by atoms with van der Waals surface area (Å²) < 4.78 is 0. The molecular formula is C17H19NO. The van der Waals surface area contributed by atoms with E-state index in [1.54, 1.807) is 0 Å². The van der Waals surface area contributed by atoms with Crippen LogP contribution in [0.4, 0.5) is 0 Å². The Morgan fingerprint density at radius 1 is 0.895 bits per heavy atom. The molecule has 19 heavy (non-hydrogen) atoms. The number of benzene rings is 2. The van der Waals surface area contributed by atoms with Crippen molar-refractivity contribution in [3.63, 3.8) is 0 Å². The van der Waals surface area contributed by atoms with Crippen LogP contribution in [0.3, 0.4) is 0 Å². The Morgan fingerprint density at radius 3 is 2.21 bits per heavy atom. The average molecular weight is 253 g/mol. The van der Waals surface area contributed by atoms with Crippen LogP contribution in [0, 0.1) is 0 Å². The Labute approximate surface area is 114 Å². The Hall–Kier alpha value is -1.64. The lowest BCUT2D eigenvalue weighted by Crippen LogP contribution is -2.30. The van der Waals surface area contributed by atoms with Crippen molar-refractivity contribution in [2.24, 2.45) is 0 Å². The van der Waals surface area contributed by atoms with E-state index >= 15 is 0 Å². The SMILES string of the molecule is OC1CC[C@@H](Cc2ccc(-c3ccccc3)cc2)N1. The first-order valence-corrected chi connectivity index (χ1v) is 6.90. The topological polar surface area (TPSA) is 32.3 Å². The minimum Gasteiger partial charge on any atom is -0.379 e. The third kappa shape index (κ3) is 3.03. The maximum absolute atomic E-state index is 9.46. The highest BCUT2D eigenvalue weighted by Gasteiger charge is 2.21. The van der Waals surface area contributed by atoms with Crippen molar-refractivity contribution in [3.05, 3.63) is 60.2 Å². The van der Waals surface area contributed by atoms with Crippen molar-refractivity contribution in [1.82, 2.24) is 5.32 Å². The predicted octanol–water partition coefficient (Wildman–Crippen LogP) is 2.97. The molecule has 1 aliphatic rings. The van der Waals surface area contributed by atoms with Gasteiger partial charge in [0.15, 0.2) is 0 Å². The molecule has 0 amide bonds. The van der Waals surface area contributed by atoms with Gasteiger partial charge < -0.3 is 5.11 Å². The molecule has 1 fully saturated rings. The molecular weight excluding hydrogens is 234 g/mol. The van der Waals surface area contributed by atoms with Gasteiger partial charge in [-0.3, -0.25) is 5.32 Å². The standard InChI is InChI=1S/C17H19NO/c19-17-11-10-16(18-17)12-13-6-8-15(9-7-13)14-4-2-1-3-5-14/h1-9,16-19H,10-12H2/t16-,17?/m0/s1. The molecule has 2 nitrogen and oxygen atoms in total. The van der Waals surface area contributed by atoms with Gasteiger partial charge in [0.25, 0.3) is 0 Å². The Bertz CT molecular complexity index is 521. The number of nitrogens with one attached hydrogen (secondary N) is 1. The largest absolute Gasteiger partial charge is 0.379 e. The summed E-state index contributed by atoms with van der Waals surface area (Å²) in [4.78, 5) is 0. The highest BCUT2D eigenvalue weighted by molar-refractivity contribution is 5.63. The number of hydrogen-bond donors (Lipinski definition) is 2. The number of aliphatic hydroxyl groups excluding tert-OH is 1. The summed E-state index contributed by atoms with van der Waals surface area (Å²) in [5.41, 5.74) is 3.83. The van der Waals surface area contributed by atoms with E-state index in [1.165, 1.54) is 16.7 Å². The molecule has 0 saturated carbocycles. The molecule has 0 aliphatic carbocycles. The van der Waals surface area contributed by atoms with E-state index in [1.807, 2.05) is 6.07 Å². The maximum atomic E-state index is 9.46. The summed E-state index contributed by atoms with van der Waals surface area (Å²) in [5, 5.41) is 12.7. The molecule has 98 valence electrons. The van der Waals surface area contributed by atoms with Crippen LogP contribution in [-0.4, -0.2) is 17.4 Å². The second kappa shape index (κ2) is 5.55. The lowest BCUT2D eigenvalue weighted by atomic mass is 10.0. The highest BCUT2D eigenvalue weighted by Crippen LogP contribution is 2.21. The van der Waals surface area contributed by atoms with Crippen molar-refractivity contribution < 1.29 is 5.11 Å². The first-order chi connectivity index (χ1) is 9.31. The molecule has 2 aromatic rings. The summed E-state index contributed by atoms with van der Waals surface area (Å²) in [6.45, 7) is 0. The van der Waals surface area contributed by atoms with Crippen molar-refractivity contribution in [2.75, 3.05) is 0 Å². The van der Waals surface area contributed by atoms with Gasteiger partial charge in [-0.05, 0) is 36.0 Å². The Morgan fingerprint density at radius 2 is 1.58 bits per heavy atom. The minimum absolute atomic E-state index is 0.311. The van der Waals surface area contributed by atoms with E-state index in [2.05, 4.69) is 53.8 Å². The quantitative estimate of drug-likeness (QED) is 0.881. The number of hydrogen-bond acceptors (Lipinski definition) is 2. The fraction of sp³-hybridized carbons (Fsp3) is 0.294. The Balaban J connectivity index is 1.69. The van der Waals surface area contributed by atoms with Crippen LogP contribution in [-0.2, 0) is 6.42 Å². The summed E-state index contributed by atoms with van der Waals surface area (Å²) >= 11 is 0. The van der Waals surface area contributed by atoms with Crippen molar-refractivity contribution >= 4 is 0 Å². The van der Waals surface area contributed by atoms with Crippen molar-refractivity contribution in [2.45, 2.75) is 31.5 Å². The molecule has 2 aromatic carbocycles. The van der Waals surface area contributed by atoms with E-state index in [4.69, 9.17) is 0 Å². The zero-order valence-corrected chi connectivity index (χ0v) is 10.9. The van der Waals surface area contributed by atoms with E-state index in [0.717, 1.165) is 19.3 Å². The monoisotopic (exact) mass is 253 g/mol. The van der Waals surface area contributed by atoms with Crippen LogP contribution in [0.1, 0.15) is 18.4 Å². The summed E-state index contributed by atoms with van der Waals surface area (Å²) in [5.74, 6) is 0. The third-order valence-corrected chi connectivity index (χ3v) is 3.76. The van der Waals surface area contributed by atoms with E-state index in [0.29, 0.717) is 6.04 Å². The van der Waals surface area contributed by atoms with E-state index < -0.39 is 0 Å². The number of aliphatic hydroxyl groups is 1. The smallest absolute Gasteiger partial charge is 0.105 e. The summed E-state index contributed by atoms with van der Waals surface area (Å²) in [6.07, 6.45) is 2.61. The molecule has 2 atom stereocenters. The second-order valence-corrected chi connectivity index (χ2v) is 5.22. The molecule has 1 saturated heterocycles. The minimum atomic E-state index is -0.311. The van der Waals surface area contributed by atoms with Crippen LogP contribution in [0.15, 0.2) is 54.6 Å². The molecule has 1 unspecified atom stereocenters. The van der Waals surface area contributed by atoms with Crippen LogP contribution in [0.25, 0.3) is 11.1 Å². The lowest BCUT2D eigenvalue weighted by Gasteiger charge is -2.11. The fourth-order valence-electron chi connectivity index (χ4n) is 2.71. The zero-order chi connectivity index (χ0) is 13.1. The molecule has 0 radical (unpaired) electrons. The van der Waals surface area contributed by atoms with Crippen LogP contribution >= 0.6 is 0 Å². The molecule has 0 bridgehead atoms. The van der Waals surface area contributed by atoms with Crippen molar-refractivity contribution in [3.8, 4) is 11.1 Å². The van der Waals surface area contributed by atoms with Crippen molar-refractivity contribution in [1.29, 1.82) is 0 Å². The third-order valence-electron chi connectivity index (χ3n) is 3.76. The first kappa shape index (κ1) is 12.4. The number of rotatable bonds is 3. The van der Waals surface area contributed by atoms with Gasteiger partial charge in [-0.1, -0.05) is 54.6 Å². The zero-order valence-electron chi connectivity index (χ0n) is 10.9. The molecule has 3 rings (SSSR count). The van der Waals surface area contributed by atoms with Crippen LogP contribution < -0.4 is 5.32 Å². The van der Waals surface area contributed by atoms with Gasteiger partial charge in [-0.2, -0.15) is 0 Å². The lowest BCUT2D eigenvalue weighted by molar-refractivity contribution is 0.154. The van der Waals surface area contributed by atoms with Gasteiger partial charge in [0, 0.05) is 6.04 Å². The maximum Gasteiger partial charge on any atom is 0.105 e. The summed E-state index contributed by atoms with van der Waals surface area (Å²) in [7, 11) is 0. The van der Waals surface area contributed by atoms with Gasteiger partial charge in [0.1, 0.15) is 6.23 Å². The van der Waals surface area contributed by atoms with Gasteiger partial charge >= 0.3 is 0 Å². The summed E-state index contributed by atoms with van der Waals surface area (Å²) in [6, 6.07) is 19.6. The fourth-order valence-corrected chi connectivity index (χ4v) is 2.71. The molecule has 0 aromatic heterocycles. The molecule has 0 spiro atoms. The molecule has 2 heteroatoms. The molecule has 1 aliphatic heterocycles. The van der Waals surface area contributed by atoms with Gasteiger partial charge in [-0.15, -0.1) is 0 Å². The highest BCUT2D eigenvalue weighted by atomic mass is 16.3. The second-order valence-electron chi connectivity index (χ2n) is 5.22. The molecule has 2 N–H and O–H groups in total. The first-order valence-electron chi connectivity index (χ1n) is 6.90. The van der Waals surface area contributed by atoms with Gasteiger partial charge in [-0.25, -0.2) is 0 Å². The average Bonchev–Trinajstić information content (AvgIpc) is 2.86. The predicted molar refractivity (Wildman–Crippen MR) is 77.7 cm³/mol. The Kier molecular flexibility index (Phi) is 3.62. The molecule has 1 heterocycles.